The lowest BCUT2D eigenvalue weighted by Gasteiger charge is -2.07. The monoisotopic (exact) mass is 426 g/mol. The molecule has 0 aliphatic heterocycles. The molecule has 4 aromatic rings. The van der Waals surface area contributed by atoms with Crippen molar-refractivity contribution in [3.8, 4) is 0 Å². The van der Waals surface area contributed by atoms with Crippen molar-refractivity contribution in [1.82, 2.24) is 15.0 Å². The quantitative estimate of drug-likeness (QED) is 0.418. The summed E-state index contributed by atoms with van der Waals surface area (Å²) in [5, 5.41) is 11.6. The molecule has 0 saturated carbocycles. The molecular formula is C17H12BFN6O2S2. The molecule has 2 aromatic heterocycles. The zero-order valence-corrected chi connectivity index (χ0v) is 16.3. The molecule has 2 heterocycles. The number of nitrogens with two attached hydrogens (primary N) is 1. The number of fused-ring (bicyclic) bond motifs is 1. The van der Waals surface area contributed by atoms with Crippen LogP contribution in [0, 0.1) is 5.82 Å². The summed E-state index contributed by atoms with van der Waals surface area (Å²) in [5.74, 6) is -0.108. The van der Waals surface area contributed by atoms with Gasteiger partial charge in [0.15, 0.2) is 16.6 Å². The Bertz CT molecular complexity index is 1310. The van der Waals surface area contributed by atoms with Gasteiger partial charge in [0, 0.05) is 5.69 Å². The summed E-state index contributed by atoms with van der Waals surface area (Å²) in [5.41, 5.74) is 1.58. The van der Waals surface area contributed by atoms with Crippen molar-refractivity contribution in [2.24, 2.45) is 5.14 Å². The summed E-state index contributed by atoms with van der Waals surface area (Å²) in [6.07, 6.45) is 1.32. The van der Waals surface area contributed by atoms with Crippen molar-refractivity contribution in [3.63, 3.8) is 0 Å². The van der Waals surface area contributed by atoms with Crippen LogP contribution in [0.15, 0.2) is 53.7 Å². The molecule has 4 N–H and O–H groups in total. The van der Waals surface area contributed by atoms with Crippen molar-refractivity contribution in [3.05, 3.63) is 54.6 Å². The number of nitrogens with zero attached hydrogens (tertiary/aromatic N) is 3. The molecule has 0 aliphatic rings. The zero-order chi connectivity index (χ0) is 20.6. The predicted molar refractivity (Wildman–Crippen MR) is 111 cm³/mol. The minimum atomic E-state index is -3.76. The maximum absolute atomic E-state index is 14.1. The summed E-state index contributed by atoms with van der Waals surface area (Å²) < 4.78 is 37.4. The summed E-state index contributed by atoms with van der Waals surface area (Å²) in [6, 6.07) is 10.2. The van der Waals surface area contributed by atoms with Crippen LogP contribution in [0.2, 0.25) is 0 Å². The predicted octanol–water partition coefficient (Wildman–Crippen LogP) is 2.15. The van der Waals surface area contributed by atoms with Gasteiger partial charge < -0.3 is 10.6 Å². The normalized spacial score (nSPS) is 11.5. The van der Waals surface area contributed by atoms with Crippen molar-refractivity contribution in [2.45, 2.75) is 4.90 Å². The Kier molecular flexibility index (Phi) is 4.90. The largest absolute Gasteiger partial charge is 0.336 e. The topological polar surface area (TPSA) is 123 Å². The Morgan fingerprint density at radius 1 is 1.07 bits per heavy atom. The molecule has 8 nitrogen and oxygen atoms in total. The third-order valence-corrected chi connectivity index (χ3v) is 5.77. The Hall–Kier alpha value is -3.09. The first kappa shape index (κ1) is 19.2. The molecule has 0 atom stereocenters. The van der Waals surface area contributed by atoms with E-state index in [0.29, 0.717) is 32.4 Å². The third-order valence-electron chi connectivity index (χ3n) is 3.87. The van der Waals surface area contributed by atoms with E-state index in [-0.39, 0.29) is 10.6 Å². The first-order valence-corrected chi connectivity index (χ1v) is 10.5. The highest BCUT2D eigenvalue weighted by atomic mass is 32.2. The highest BCUT2D eigenvalue weighted by Crippen LogP contribution is 2.33. The van der Waals surface area contributed by atoms with Crippen LogP contribution in [0.25, 0.3) is 10.3 Å². The van der Waals surface area contributed by atoms with E-state index in [1.165, 1.54) is 41.9 Å². The standard InChI is InChI=1S/C17H12BFN6O2S2/c18-9-1-6-13(12(19)7-9)24-15-14-16(22-8-21-15)25-17(28-14)23-10-2-4-11(5-3-10)29(20,26)27/h1-8H,(H2,20,26,27)(H2,21,22,23,24,25). The summed E-state index contributed by atoms with van der Waals surface area (Å²) in [7, 11) is 1.81. The third kappa shape index (κ3) is 4.18. The fourth-order valence-corrected chi connectivity index (χ4v) is 3.91. The minimum Gasteiger partial charge on any atom is -0.336 e. The fourth-order valence-electron chi connectivity index (χ4n) is 2.51. The molecule has 12 heteroatoms. The van der Waals surface area contributed by atoms with E-state index in [1.54, 1.807) is 18.2 Å². The number of rotatable bonds is 5. The minimum absolute atomic E-state index is 0.00947. The lowest BCUT2D eigenvalue weighted by atomic mass is 9.96. The number of thiazole rings is 1. The second-order valence-corrected chi connectivity index (χ2v) is 8.51. The molecule has 144 valence electrons. The van der Waals surface area contributed by atoms with Gasteiger partial charge in [-0.15, -0.1) is 0 Å². The van der Waals surface area contributed by atoms with E-state index in [2.05, 4.69) is 25.6 Å². The molecule has 0 unspecified atom stereocenters. The fraction of sp³-hybridized carbons (Fsp3) is 0. The van der Waals surface area contributed by atoms with Crippen LogP contribution in [0.1, 0.15) is 0 Å². The number of anilines is 4. The highest BCUT2D eigenvalue weighted by Gasteiger charge is 2.13. The smallest absolute Gasteiger partial charge is 0.238 e. The number of sulfonamides is 1. The van der Waals surface area contributed by atoms with Crippen LogP contribution in [0.5, 0.6) is 0 Å². The van der Waals surface area contributed by atoms with Gasteiger partial charge in [0.2, 0.25) is 10.0 Å². The molecule has 0 amide bonds. The Balaban J connectivity index is 1.62. The van der Waals surface area contributed by atoms with E-state index in [1.807, 2.05) is 0 Å². The van der Waals surface area contributed by atoms with Gasteiger partial charge in [-0.2, -0.15) is 4.98 Å². The number of aromatic nitrogens is 3. The van der Waals surface area contributed by atoms with Crippen LogP contribution in [0.4, 0.5) is 26.7 Å². The number of nitrogens with one attached hydrogen (secondary N) is 2. The molecule has 4 rings (SSSR count). The molecule has 2 aromatic carbocycles. The van der Waals surface area contributed by atoms with Crippen LogP contribution < -0.4 is 21.2 Å². The van der Waals surface area contributed by atoms with Crippen molar-refractivity contribution in [2.75, 3.05) is 10.6 Å². The lowest BCUT2D eigenvalue weighted by molar-refractivity contribution is 0.598. The van der Waals surface area contributed by atoms with E-state index in [0.717, 1.165) is 0 Å². The summed E-state index contributed by atoms with van der Waals surface area (Å²) in [6.45, 7) is 0. The van der Waals surface area contributed by atoms with Crippen LogP contribution in [-0.2, 0) is 10.0 Å². The first-order chi connectivity index (χ1) is 13.8. The van der Waals surface area contributed by atoms with Gasteiger partial charge in [-0.05, 0) is 36.4 Å². The van der Waals surface area contributed by atoms with Gasteiger partial charge in [-0.3, -0.25) is 0 Å². The number of primary sulfonamides is 1. The number of hydrogen-bond donors (Lipinski definition) is 3. The van der Waals surface area contributed by atoms with Crippen molar-refractivity contribution >= 4 is 67.3 Å². The van der Waals surface area contributed by atoms with Crippen LogP contribution in [-0.4, -0.2) is 31.2 Å². The molecule has 0 bridgehead atoms. The van der Waals surface area contributed by atoms with E-state index in [4.69, 9.17) is 13.0 Å². The molecular weight excluding hydrogens is 414 g/mol. The SMILES string of the molecule is [B]c1ccc(Nc2ncnc3nc(Nc4ccc(S(N)(=O)=O)cc4)sc23)c(F)c1. The summed E-state index contributed by atoms with van der Waals surface area (Å²) >= 11 is 1.26. The molecule has 29 heavy (non-hydrogen) atoms. The number of hydrogen-bond acceptors (Lipinski definition) is 8. The van der Waals surface area contributed by atoms with Crippen LogP contribution in [0.3, 0.4) is 0 Å². The molecule has 0 fully saturated rings. The molecule has 0 spiro atoms. The second-order valence-electron chi connectivity index (χ2n) is 5.95. The highest BCUT2D eigenvalue weighted by molar-refractivity contribution is 7.89. The average molecular weight is 426 g/mol. The number of halogens is 1. The maximum atomic E-state index is 14.1. The Morgan fingerprint density at radius 2 is 1.83 bits per heavy atom. The van der Waals surface area contributed by atoms with Gasteiger partial charge in [0.1, 0.15) is 24.7 Å². The summed E-state index contributed by atoms with van der Waals surface area (Å²) in [4.78, 5) is 12.7. The Morgan fingerprint density at radius 3 is 2.52 bits per heavy atom. The van der Waals surface area contributed by atoms with Gasteiger partial charge in [-0.1, -0.05) is 22.9 Å². The first-order valence-electron chi connectivity index (χ1n) is 8.13. The van der Waals surface area contributed by atoms with Crippen LogP contribution >= 0.6 is 11.3 Å². The van der Waals surface area contributed by atoms with Gasteiger partial charge >= 0.3 is 0 Å². The van der Waals surface area contributed by atoms with Gasteiger partial charge in [0.05, 0.1) is 10.6 Å². The molecule has 2 radical (unpaired) electrons. The zero-order valence-electron chi connectivity index (χ0n) is 14.6. The molecule has 0 aliphatic carbocycles. The average Bonchev–Trinajstić information content (AvgIpc) is 3.07. The molecule has 0 saturated heterocycles. The van der Waals surface area contributed by atoms with Gasteiger partial charge in [0.25, 0.3) is 0 Å². The van der Waals surface area contributed by atoms with E-state index < -0.39 is 15.8 Å². The van der Waals surface area contributed by atoms with Gasteiger partial charge in [-0.25, -0.2) is 27.9 Å². The lowest BCUT2D eigenvalue weighted by Crippen LogP contribution is -2.11. The van der Waals surface area contributed by atoms with E-state index >= 15 is 0 Å². The number of benzene rings is 2. The van der Waals surface area contributed by atoms with Crippen molar-refractivity contribution in [1.29, 1.82) is 0 Å². The maximum Gasteiger partial charge on any atom is 0.238 e. The van der Waals surface area contributed by atoms with Crippen molar-refractivity contribution < 1.29 is 12.8 Å². The second kappa shape index (κ2) is 7.39. The Labute approximate surface area is 170 Å². The van der Waals surface area contributed by atoms with E-state index in [9.17, 15) is 12.8 Å².